The molecule has 1 amide bonds. The number of benzene rings is 1. The van der Waals surface area contributed by atoms with E-state index in [2.05, 4.69) is 11.7 Å². The Hall–Kier alpha value is -4.34. The van der Waals surface area contributed by atoms with Crippen LogP contribution in [0.3, 0.4) is 0 Å². The summed E-state index contributed by atoms with van der Waals surface area (Å²) in [7, 11) is 3.28. The second kappa shape index (κ2) is 9.20. The minimum Gasteiger partial charge on any atom is -0.496 e. The summed E-state index contributed by atoms with van der Waals surface area (Å²) in [4.78, 5) is 19.0. The highest BCUT2D eigenvalue weighted by Gasteiger charge is 2.34. The van der Waals surface area contributed by atoms with Crippen LogP contribution in [0.15, 0.2) is 49.3 Å². The molecule has 0 spiro atoms. The molecule has 1 aromatic carbocycles. The van der Waals surface area contributed by atoms with Gasteiger partial charge in [0, 0.05) is 48.1 Å². The fourth-order valence-electron chi connectivity index (χ4n) is 5.47. The highest BCUT2D eigenvalue weighted by atomic mass is 19.1. The molecule has 38 heavy (non-hydrogen) atoms. The zero-order valence-electron chi connectivity index (χ0n) is 21.1. The van der Waals surface area contributed by atoms with Crippen molar-refractivity contribution in [2.24, 2.45) is 7.05 Å². The Labute approximate surface area is 218 Å². The number of pyridine rings is 1. The molecule has 0 N–H and O–H groups in total. The summed E-state index contributed by atoms with van der Waals surface area (Å²) in [5.41, 5.74) is 5.71. The van der Waals surface area contributed by atoms with E-state index < -0.39 is 12.0 Å². The highest BCUT2D eigenvalue weighted by molar-refractivity contribution is 5.90. The number of nitrogens with zero attached hydrogens (tertiary/aromatic N) is 6. The molecule has 2 aliphatic rings. The lowest BCUT2D eigenvalue weighted by Gasteiger charge is -2.26. The van der Waals surface area contributed by atoms with Gasteiger partial charge in [-0.05, 0) is 42.7 Å². The largest absolute Gasteiger partial charge is 0.496 e. The first-order chi connectivity index (χ1) is 18.4. The average Bonchev–Trinajstić information content (AvgIpc) is 3.65. The molecule has 1 atom stereocenters. The lowest BCUT2D eigenvalue weighted by atomic mass is 9.91. The van der Waals surface area contributed by atoms with Gasteiger partial charge in [0.1, 0.15) is 23.4 Å². The standard InChI is InChI=1S/C28H26F2N6O2/c1-4-24(37)35-9-10-36-18(15-35)12-22(33-36)28-26(19-6-5-17(29)11-23(19)38-3)25-20(7-8-21(25)30)27(32-28)16-13-31-34(2)14-16/h4-6,11-14,21H,1,7-10,15H2,2-3H3. The van der Waals surface area contributed by atoms with Crippen molar-refractivity contribution in [3.05, 3.63) is 72.0 Å². The van der Waals surface area contributed by atoms with Gasteiger partial charge in [-0.25, -0.2) is 13.8 Å². The Kier molecular flexibility index (Phi) is 5.81. The van der Waals surface area contributed by atoms with E-state index in [-0.39, 0.29) is 11.7 Å². The van der Waals surface area contributed by atoms with Crippen molar-refractivity contribution in [2.45, 2.75) is 32.1 Å². The number of alkyl halides is 1. The molecule has 0 radical (unpaired) electrons. The van der Waals surface area contributed by atoms with Gasteiger partial charge in [0.2, 0.25) is 5.91 Å². The van der Waals surface area contributed by atoms with Crippen LogP contribution in [0.25, 0.3) is 33.8 Å². The number of rotatable bonds is 5. The smallest absolute Gasteiger partial charge is 0.246 e. The molecule has 4 aromatic rings. The number of amides is 1. The topological polar surface area (TPSA) is 78.1 Å². The number of methoxy groups -OCH3 is 1. The number of carbonyl (C=O) groups is 1. The number of ether oxygens (including phenoxy) is 1. The highest BCUT2D eigenvalue weighted by Crippen LogP contribution is 2.49. The Morgan fingerprint density at radius 3 is 2.82 bits per heavy atom. The molecular weight excluding hydrogens is 490 g/mol. The molecule has 1 aliphatic carbocycles. The molecule has 1 aliphatic heterocycles. The summed E-state index contributed by atoms with van der Waals surface area (Å²) >= 11 is 0. The summed E-state index contributed by atoms with van der Waals surface area (Å²) in [6.45, 7) is 4.98. The SMILES string of the molecule is C=CC(=O)N1CCn2nc(-c3nc(-c4cnn(C)c4)c4c(c3-c3ccc(F)cc3OC)C(F)CC4)cc2C1. The Morgan fingerprint density at radius 1 is 1.24 bits per heavy atom. The van der Waals surface area contributed by atoms with Crippen LogP contribution >= 0.6 is 0 Å². The summed E-state index contributed by atoms with van der Waals surface area (Å²) in [6, 6.07) is 6.11. The van der Waals surface area contributed by atoms with Crippen LogP contribution in [0.2, 0.25) is 0 Å². The fourth-order valence-corrected chi connectivity index (χ4v) is 5.47. The summed E-state index contributed by atoms with van der Waals surface area (Å²) in [5.74, 6) is -0.314. The second-order valence-electron chi connectivity index (χ2n) is 9.54. The molecule has 4 heterocycles. The van der Waals surface area contributed by atoms with E-state index in [4.69, 9.17) is 14.8 Å². The number of fused-ring (bicyclic) bond motifs is 2. The van der Waals surface area contributed by atoms with Gasteiger partial charge in [-0.15, -0.1) is 0 Å². The fraction of sp³-hybridized carbons (Fsp3) is 0.286. The molecule has 3 aromatic heterocycles. The van der Waals surface area contributed by atoms with E-state index in [9.17, 15) is 9.18 Å². The van der Waals surface area contributed by atoms with E-state index in [1.54, 1.807) is 21.8 Å². The van der Waals surface area contributed by atoms with Crippen molar-refractivity contribution in [2.75, 3.05) is 13.7 Å². The Balaban J connectivity index is 1.62. The average molecular weight is 517 g/mol. The van der Waals surface area contributed by atoms with Crippen LogP contribution in [0, 0.1) is 5.82 Å². The predicted octanol–water partition coefficient (Wildman–Crippen LogP) is 4.65. The molecular formula is C28H26F2N6O2. The van der Waals surface area contributed by atoms with Crippen LogP contribution in [0.1, 0.15) is 29.4 Å². The van der Waals surface area contributed by atoms with E-state index in [0.29, 0.717) is 66.2 Å². The molecule has 0 fully saturated rings. The van der Waals surface area contributed by atoms with Gasteiger partial charge in [-0.3, -0.25) is 14.2 Å². The van der Waals surface area contributed by atoms with Crippen molar-refractivity contribution in [3.8, 4) is 39.5 Å². The zero-order chi connectivity index (χ0) is 26.6. The van der Waals surface area contributed by atoms with Crippen molar-refractivity contribution in [3.63, 3.8) is 0 Å². The summed E-state index contributed by atoms with van der Waals surface area (Å²) < 4.78 is 39.0. The number of aryl methyl sites for hydroxylation is 1. The first-order valence-electron chi connectivity index (χ1n) is 12.4. The predicted molar refractivity (Wildman–Crippen MR) is 137 cm³/mol. The van der Waals surface area contributed by atoms with Crippen LogP contribution < -0.4 is 4.74 Å². The summed E-state index contributed by atoms with van der Waals surface area (Å²) in [6.07, 6.45) is 4.48. The van der Waals surface area contributed by atoms with Gasteiger partial charge in [0.05, 0.1) is 43.5 Å². The zero-order valence-corrected chi connectivity index (χ0v) is 21.1. The maximum atomic E-state index is 15.7. The monoisotopic (exact) mass is 516 g/mol. The first kappa shape index (κ1) is 24.0. The van der Waals surface area contributed by atoms with E-state index in [0.717, 1.165) is 16.8 Å². The van der Waals surface area contributed by atoms with Gasteiger partial charge < -0.3 is 9.64 Å². The molecule has 10 heteroatoms. The van der Waals surface area contributed by atoms with Gasteiger partial charge in [0.15, 0.2) is 0 Å². The number of halogens is 2. The van der Waals surface area contributed by atoms with E-state index >= 15 is 4.39 Å². The quantitative estimate of drug-likeness (QED) is 0.361. The van der Waals surface area contributed by atoms with Crippen molar-refractivity contribution < 1.29 is 18.3 Å². The van der Waals surface area contributed by atoms with Gasteiger partial charge >= 0.3 is 0 Å². The van der Waals surface area contributed by atoms with E-state index in [1.165, 1.54) is 25.3 Å². The third kappa shape index (κ3) is 3.87. The van der Waals surface area contributed by atoms with Crippen LogP contribution in [-0.4, -0.2) is 49.0 Å². The molecule has 0 saturated heterocycles. The van der Waals surface area contributed by atoms with Crippen molar-refractivity contribution in [1.29, 1.82) is 0 Å². The minimum atomic E-state index is -1.23. The molecule has 6 rings (SSSR count). The normalized spacial score (nSPS) is 16.3. The number of carbonyl (C=O) groups excluding carboxylic acids is 1. The molecule has 8 nitrogen and oxygen atoms in total. The maximum Gasteiger partial charge on any atom is 0.246 e. The lowest BCUT2D eigenvalue weighted by Crippen LogP contribution is -2.37. The van der Waals surface area contributed by atoms with Crippen LogP contribution in [0.4, 0.5) is 8.78 Å². The number of hydrogen-bond donors (Lipinski definition) is 0. The van der Waals surface area contributed by atoms with Gasteiger partial charge in [-0.1, -0.05) is 6.58 Å². The molecule has 194 valence electrons. The summed E-state index contributed by atoms with van der Waals surface area (Å²) in [5, 5.41) is 9.12. The molecule has 0 saturated carbocycles. The molecule has 1 unspecified atom stereocenters. The van der Waals surface area contributed by atoms with Crippen LogP contribution in [0.5, 0.6) is 5.75 Å². The third-order valence-corrected chi connectivity index (χ3v) is 7.24. The van der Waals surface area contributed by atoms with Gasteiger partial charge in [-0.2, -0.15) is 10.2 Å². The second-order valence-corrected chi connectivity index (χ2v) is 9.54. The Morgan fingerprint density at radius 2 is 2.08 bits per heavy atom. The molecule has 0 bridgehead atoms. The Bertz CT molecular complexity index is 1590. The van der Waals surface area contributed by atoms with Crippen molar-refractivity contribution in [1.82, 2.24) is 29.4 Å². The third-order valence-electron chi connectivity index (χ3n) is 7.24. The number of aromatic nitrogens is 5. The lowest BCUT2D eigenvalue weighted by molar-refractivity contribution is -0.127. The van der Waals surface area contributed by atoms with Gasteiger partial charge in [0.25, 0.3) is 0 Å². The van der Waals surface area contributed by atoms with E-state index in [1.807, 2.05) is 24.0 Å². The first-order valence-corrected chi connectivity index (χ1v) is 12.4. The minimum absolute atomic E-state index is 0.148. The number of hydrogen-bond acceptors (Lipinski definition) is 5. The maximum absolute atomic E-state index is 15.7. The van der Waals surface area contributed by atoms with Crippen LogP contribution in [-0.2, 0) is 31.4 Å². The van der Waals surface area contributed by atoms with Crippen molar-refractivity contribution >= 4 is 5.91 Å².